The molecule has 0 saturated carbocycles. The van der Waals surface area contributed by atoms with E-state index in [0.717, 1.165) is 23.1 Å². The lowest BCUT2D eigenvalue weighted by Gasteiger charge is -2.16. The van der Waals surface area contributed by atoms with Crippen LogP contribution in [0.4, 0.5) is 4.79 Å². The molecule has 0 aromatic carbocycles. The fraction of sp³-hybridized carbons (Fsp3) is 0.385. The molecule has 1 aromatic rings. The molecular formula is C13H16N2O2S. The van der Waals surface area contributed by atoms with Crippen LogP contribution in [0.5, 0.6) is 0 Å². The number of carbonyl (C=O) groups excluding carboxylic acids is 2. The zero-order valence-corrected chi connectivity index (χ0v) is 11.7. The number of rotatable bonds is 2. The summed E-state index contributed by atoms with van der Waals surface area (Å²) in [6.07, 6.45) is 1.78. The highest BCUT2D eigenvalue weighted by Gasteiger charge is 2.36. The van der Waals surface area contributed by atoms with Crippen LogP contribution in [0.25, 0.3) is 6.08 Å². The molecule has 0 aliphatic carbocycles. The van der Waals surface area contributed by atoms with Crippen molar-refractivity contribution in [2.75, 3.05) is 0 Å². The lowest BCUT2D eigenvalue weighted by molar-refractivity contribution is -0.123. The van der Waals surface area contributed by atoms with Crippen LogP contribution in [0.3, 0.4) is 0 Å². The fourth-order valence-corrected chi connectivity index (χ4v) is 2.78. The molecule has 1 aliphatic heterocycles. The number of carbonyl (C=O) groups is 2. The summed E-state index contributed by atoms with van der Waals surface area (Å²) in [7, 11) is 1.94. The molecule has 0 atom stereocenters. The van der Waals surface area contributed by atoms with E-state index in [4.69, 9.17) is 0 Å². The van der Waals surface area contributed by atoms with E-state index in [0.29, 0.717) is 4.91 Å². The molecule has 0 spiro atoms. The summed E-state index contributed by atoms with van der Waals surface area (Å²) >= 11 is 1.01. The lowest BCUT2D eigenvalue weighted by atomic mass is 10.3. The summed E-state index contributed by atoms with van der Waals surface area (Å²) < 4.78 is 1.99. The third-order valence-electron chi connectivity index (χ3n) is 3.03. The van der Waals surface area contributed by atoms with Crippen LogP contribution in [0, 0.1) is 6.92 Å². The average molecular weight is 264 g/mol. The van der Waals surface area contributed by atoms with Crippen molar-refractivity contribution in [2.45, 2.75) is 26.8 Å². The number of amides is 2. The first kappa shape index (κ1) is 13.0. The van der Waals surface area contributed by atoms with E-state index in [9.17, 15) is 9.59 Å². The van der Waals surface area contributed by atoms with Crippen molar-refractivity contribution >= 4 is 29.0 Å². The Morgan fingerprint density at radius 3 is 2.39 bits per heavy atom. The summed E-state index contributed by atoms with van der Waals surface area (Å²) in [5, 5.41) is -0.188. The largest absolute Gasteiger partial charge is 0.348 e. The van der Waals surface area contributed by atoms with Gasteiger partial charge in [0.1, 0.15) is 0 Å². The Morgan fingerprint density at radius 2 is 1.94 bits per heavy atom. The monoisotopic (exact) mass is 264 g/mol. The van der Waals surface area contributed by atoms with Crippen molar-refractivity contribution in [3.63, 3.8) is 0 Å². The zero-order valence-electron chi connectivity index (χ0n) is 10.9. The average Bonchev–Trinajstić information content (AvgIpc) is 2.73. The van der Waals surface area contributed by atoms with E-state index in [1.54, 1.807) is 6.08 Å². The topological polar surface area (TPSA) is 42.3 Å². The van der Waals surface area contributed by atoms with Crippen LogP contribution in [0.2, 0.25) is 0 Å². The summed E-state index contributed by atoms with van der Waals surface area (Å²) in [5.41, 5.74) is 2.05. The second-order valence-electron chi connectivity index (χ2n) is 4.60. The molecule has 96 valence electrons. The smallest absolute Gasteiger partial charge is 0.293 e. The molecule has 0 unspecified atom stereocenters. The SMILES string of the molecule is Cc1ccc(/C=C2\SC(=O)N(C(C)C)C2=O)n1C. The number of aromatic nitrogens is 1. The van der Waals surface area contributed by atoms with E-state index in [1.165, 1.54) is 4.90 Å². The maximum Gasteiger partial charge on any atom is 0.293 e. The normalized spacial score (nSPS) is 18.5. The molecule has 5 heteroatoms. The number of imide groups is 1. The molecule has 4 nitrogen and oxygen atoms in total. The Kier molecular flexibility index (Phi) is 3.34. The summed E-state index contributed by atoms with van der Waals surface area (Å²) in [6.45, 7) is 5.68. The van der Waals surface area contributed by atoms with E-state index < -0.39 is 0 Å². The first-order chi connectivity index (χ1) is 8.41. The molecule has 1 fully saturated rings. The van der Waals surface area contributed by atoms with E-state index in [1.807, 2.05) is 44.5 Å². The molecule has 0 radical (unpaired) electrons. The molecule has 18 heavy (non-hydrogen) atoms. The minimum Gasteiger partial charge on any atom is -0.348 e. The van der Waals surface area contributed by atoms with E-state index in [-0.39, 0.29) is 17.2 Å². The molecule has 2 rings (SSSR count). The lowest BCUT2D eigenvalue weighted by Crippen LogP contribution is -2.34. The molecule has 1 aromatic heterocycles. The van der Waals surface area contributed by atoms with Gasteiger partial charge >= 0.3 is 0 Å². The number of hydrogen-bond acceptors (Lipinski definition) is 3. The van der Waals surface area contributed by atoms with Gasteiger partial charge in [-0.05, 0) is 50.7 Å². The van der Waals surface area contributed by atoms with Gasteiger partial charge in [-0.3, -0.25) is 14.5 Å². The first-order valence-corrected chi connectivity index (χ1v) is 6.63. The fourth-order valence-electron chi connectivity index (χ4n) is 1.84. The number of aryl methyl sites for hydroxylation is 1. The van der Waals surface area contributed by atoms with Crippen LogP contribution in [-0.4, -0.2) is 26.7 Å². The quantitative estimate of drug-likeness (QED) is 0.771. The molecule has 0 N–H and O–H groups in total. The third kappa shape index (κ3) is 2.10. The Balaban J connectivity index is 2.34. The van der Waals surface area contributed by atoms with Crippen LogP contribution < -0.4 is 0 Å². The highest BCUT2D eigenvalue weighted by Crippen LogP contribution is 2.33. The second kappa shape index (κ2) is 4.65. The molecule has 2 amide bonds. The van der Waals surface area contributed by atoms with Crippen molar-refractivity contribution in [2.24, 2.45) is 7.05 Å². The summed E-state index contributed by atoms with van der Waals surface area (Å²) in [6, 6.07) is 3.83. The van der Waals surface area contributed by atoms with Crippen molar-refractivity contribution in [3.8, 4) is 0 Å². The van der Waals surface area contributed by atoms with Gasteiger partial charge in [0, 0.05) is 24.5 Å². The van der Waals surface area contributed by atoms with Crippen molar-refractivity contribution in [1.82, 2.24) is 9.47 Å². The highest BCUT2D eigenvalue weighted by atomic mass is 32.2. The van der Waals surface area contributed by atoms with Gasteiger partial charge in [-0.15, -0.1) is 0 Å². The number of hydrogen-bond donors (Lipinski definition) is 0. The zero-order chi connectivity index (χ0) is 13.4. The minimum absolute atomic E-state index is 0.0986. The van der Waals surface area contributed by atoms with Gasteiger partial charge in [0.05, 0.1) is 4.91 Å². The van der Waals surface area contributed by atoms with Crippen LogP contribution in [0.15, 0.2) is 17.0 Å². The van der Waals surface area contributed by atoms with E-state index in [2.05, 4.69) is 0 Å². The minimum atomic E-state index is -0.196. The molecule has 0 bridgehead atoms. The maximum absolute atomic E-state index is 12.1. The van der Waals surface area contributed by atoms with Gasteiger partial charge in [-0.25, -0.2) is 0 Å². The van der Waals surface area contributed by atoms with Crippen LogP contribution in [-0.2, 0) is 11.8 Å². The molecule has 2 heterocycles. The first-order valence-electron chi connectivity index (χ1n) is 5.81. The molecular weight excluding hydrogens is 248 g/mol. The van der Waals surface area contributed by atoms with Gasteiger partial charge in [-0.1, -0.05) is 0 Å². The predicted molar refractivity (Wildman–Crippen MR) is 73.1 cm³/mol. The summed E-state index contributed by atoms with van der Waals surface area (Å²) in [5.74, 6) is -0.196. The maximum atomic E-state index is 12.1. The van der Waals surface area contributed by atoms with Gasteiger partial charge in [0.25, 0.3) is 11.1 Å². The summed E-state index contributed by atoms with van der Waals surface area (Å²) in [4.78, 5) is 25.6. The molecule has 1 aliphatic rings. The van der Waals surface area contributed by atoms with E-state index >= 15 is 0 Å². The van der Waals surface area contributed by atoms with Crippen LogP contribution in [0.1, 0.15) is 25.2 Å². The van der Waals surface area contributed by atoms with Gasteiger partial charge in [0.2, 0.25) is 0 Å². The number of nitrogens with zero attached hydrogens (tertiary/aromatic N) is 2. The van der Waals surface area contributed by atoms with Gasteiger partial charge in [0.15, 0.2) is 0 Å². The Hall–Kier alpha value is -1.49. The van der Waals surface area contributed by atoms with Crippen molar-refractivity contribution < 1.29 is 9.59 Å². The Labute approximate surface area is 111 Å². The predicted octanol–water partition coefficient (Wildman–Crippen LogP) is 2.78. The highest BCUT2D eigenvalue weighted by molar-refractivity contribution is 8.18. The van der Waals surface area contributed by atoms with Crippen LogP contribution >= 0.6 is 11.8 Å². The van der Waals surface area contributed by atoms with Crippen molar-refractivity contribution in [1.29, 1.82) is 0 Å². The Bertz CT molecular complexity index is 543. The second-order valence-corrected chi connectivity index (χ2v) is 5.60. The standard InChI is InChI=1S/C13H16N2O2S/c1-8(2)15-12(16)11(18-13(15)17)7-10-6-5-9(3)14(10)4/h5-8H,1-4H3/b11-7-. The van der Waals surface area contributed by atoms with Gasteiger partial charge < -0.3 is 4.57 Å². The van der Waals surface area contributed by atoms with Gasteiger partial charge in [-0.2, -0.15) is 0 Å². The third-order valence-corrected chi connectivity index (χ3v) is 3.91. The van der Waals surface area contributed by atoms with Crippen molar-refractivity contribution in [3.05, 3.63) is 28.4 Å². The number of thioether (sulfide) groups is 1. The molecule has 1 saturated heterocycles. The Morgan fingerprint density at radius 1 is 1.28 bits per heavy atom.